The van der Waals surface area contributed by atoms with Gasteiger partial charge in [0.1, 0.15) is 11.5 Å². The standard InChI is InChI=1S/C15H23NO2/c1-11-6-7-12(18-2)13(14(11)17)15(10-16)8-4-3-5-9-15/h6-7,17H,3-5,8-10,16H2,1-2H3. The third-order valence-corrected chi connectivity index (χ3v) is 4.29. The summed E-state index contributed by atoms with van der Waals surface area (Å²) in [5, 5.41) is 10.4. The Balaban J connectivity index is 2.56. The van der Waals surface area contributed by atoms with Crippen LogP contribution in [0.15, 0.2) is 12.1 Å². The van der Waals surface area contributed by atoms with Crippen molar-refractivity contribution in [2.75, 3.05) is 13.7 Å². The summed E-state index contributed by atoms with van der Waals surface area (Å²) in [5.41, 5.74) is 7.75. The van der Waals surface area contributed by atoms with Crippen molar-refractivity contribution in [1.29, 1.82) is 0 Å². The van der Waals surface area contributed by atoms with Crippen LogP contribution in [0.5, 0.6) is 11.5 Å². The summed E-state index contributed by atoms with van der Waals surface area (Å²) in [5.74, 6) is 1.13. The van der Waals surface area contributed by atoms with Gasteiger partial charge >= 0.3 is 0 Å². The lowest BCUT2D eigenvalue weighted by Crippen LogP contribution is -2.37. The van der Waals surface area contributed by atoms with Gasteiger partial charge in [-0.3, -0.25) is 0 Å². The summed E-state index contributed by atoms with van der Waals surface area (Å²) in [6, 6.07) is 3.83. The van der Waals surface area contributed by atoms with Crippen LogP contribution in [0.25, 0.3) is 0 Å². The lowest BCUT2D eigenvalue weighted by atomic mass is 9.68. The number of phenols is 1. The number of benzene rings is 1. The summed E-state index contributed by atoms with van der Waals surface area (Å²) in [7, 11) is 1.65. The van der Waals surface area contributed by atoms with Crippen LogP contribution in [0.1, 0.15) is 43.2 Å². The minimum Gasteiger partial charge on any atom is -0.507 e. The maximum Gasteiger partial charge on any atom is 0.126 e. The van der Waals surface area contributed by atoms with Crippen molar-refractivity contribution in [3.8, 4) is 11.5 Å². The number of nitrogens with two attached hydrogens (primary N) is 1. The highest BCUT2D eigenvalue weighted by Crippen LogP contribution is 2.47. The van der Waals surface area contributed by atoms with Crippen LogP contribution in [-0.4, -0.2) is 18.8 Å². The van der Waals surface area contributed by atoms with Crippen LogP contribution in [-0.2, 0) is 5.41 Å². The van der Waals surface area contributed by atoms with Crippen molar-refractivity contribution in [2.24, 2.45) is 5.73 Å². The second-order valence-electron chi connectivity index (χ2n) is 5.35. The molecule has 0 spiro atoms. The second kappa shape index (κ2) is 5.19. The predicted molar refractivity (Wildman–Crippen MR) is 73.2 cm³/mol. The van der Waals surface area contributed by atoms with E-state index in [1.54, 1.807) is 7.11 Å². The molecule has 0 saturated heterocycles. The summed E-state index contributed by atoms with van der Waals surface area (Å²) in [4.78, 5) is 0. The van der Waals surface area contributed by atoms with E-state index in [1.165, 1.54) is 19.3 Å². The molecule has 2 rings (SSSR count). The number of methoxy groups -OCH3 is 1. The van der Waals surface area contributed by atoms with Crippen molar-refractivity contribution >= 4 is 0 Å². The van der Waals surface area contributed by atoms with Gasteiger partial charge in [-0.15, -0.1) is 0 Å². The Morgan fingerprint density at radius 2 is 1.94 bits per heavy atom. The SMILES string of the molecule is COc1ccc(C)c(O)c1C1(CN)CCCCC1. The van der Waals surface area contributed by atoms with Gasteiger partial charge in [0.15, 0.2) is 0 Å². The first kappa shape index (κ1) is 13.2. The molecule has 0 radical (unpaired) electrons. The fraction of sp³-hybridized carbons (Fsp3) is 0.600. The molecule has 0 aromatic heterocycles. The quantitative estimate of drug-likeness (QED) is 0.866. The Bertz CT molecular complexity index is 423. The van der Waals surface area contributed by atoms with Crippen LogP contribution < -0.4 is 10.5 Å². The van der Waals surface area contributed by atoms with Crippen molar-refractivity contribution in [2.45, 2.75) is 44.4 Å². The fourth-order valence-corrected chi connectivity index (χ4v) is 3.14. The Morgan fingerprint density at radius 3 is 2.50 bits per heavy atom. The number of phenolic OH excluding ortho intramolecular Hbond substituents is 1. The zero-order valence-corrected chi connectivity index (χ0v) is 11.3. The first-order valence-electron chi connectivity index (χ1n) is 6.72. The van der Waals surface area contributed by atoms with E-state index in [0.717, 1.165) is 29.7 Å². The zero-order valence-electron chi connectivity index (χ0n) is 11.3. The number of aromatic hydroxyl groups is 1. The maximum atomic E-state index is 10.4. The molecule has 1 fully saturated rings. The molecule has 1 saturated carbocycles. The van der Waals surface area contributed by atoms with E-state index in [9.17, 15) is 5.11 Å². The molecule has 0 bridgehead atoms. The molecular weight excluding hydrogens is 226 g/mol. The summed E-state index contributed by atoms with van der Waals surface area (Å²) in [6.07, 6.45) is 5.69. The first-order valence-corrected chi connectivity index (χ1v) is 6.72. The van der Waals surface area contributed by atoms with E-state index >= 15 is 0 Å². The molecule has 1 aromatic rings. The molecule has 0 heterocycles. The molecule has 1 aliphatic carbocycles. The van der Waals surface area contributed by atoms with Crippen LogP contribution in [0, 0.1) is 6.92 Å². The topological polar surface area (TPSA) is 55.5 Å². The fourth-order valence-electron chi connectivity index (χ4n) is 3.14. The van der Waals surface area contributed by atoms with E-state index in [2.05, 4.69) is 0 Å². The average molecular weight is 249 g/mol. The monoisotopic (exact) mass is 249 g/mol. The number of rotatable bonds is 3. The lowest BCUT2D eigenvalue weighted by Gasteiger charge is -2.38. The van der Waals surface area contributed by atoms with Crippen LogP contribution in [0.4, 0.5) is 0 Å². The van der Waals surface area contributed by atoms with E-state index < -0.39 is 0 Å². The Kier molecular flexibility index (Phi) is 3.81. The van der Waals surface area contributed by atoms with Crippen LogP contribution >= 0.6 is 0 Å². The molecular formula is C15H23NO2. The van der Waals surface area contributed by atoms with Gasteiger partial charge in [-0.25, -0.2) is 0 Å². The van der Waals surface area contributed by atoms with Crippen molar-refractivity contribution in [3.63, 3.8) is 0 Å². The second-order valence-corrected chi connectivity index (χ2v) is 5.35. The van der Waals surface area contributed by atoms with Gasteiger partial charge in [-0.2, -0.15) is 0 Å². The minimum absolute atomic E-state index is 0.111. The number of hydrogen-bond acceptors (Lipinski definition) is 3. The lowest BCUT2D eigenvalue weighted by molar-refractivity contribution is 0.277. The predicted octanol–water partition coefficient (Wildman–Crippen LogP) is 2.87. The number of ether oxygens (including phenoxy) is 1. The molecule has 0 atom stereocenters. The maximum absolute atomic E-state index is 10.4. The Labute approximate surface area is 109 Å². The molecule has 1 aromatic carbocycles. The Hall–Kier alpha value is -1.22. The minimum atomic E-state index is -0.111. The molecule has 1 aliphatic rings. The first-order chi connectivity index (χ1) is 8.64. The van der Waals surface area contributed by atoms with Gasteiger partial charge in [-0.05, 0) is 31.4 Å². The van der Waals surface area contributed by atoms with E-state index in [0.29, 0.717) is 12.3 Å². The van der Waals surface area contributed by atoms with Crippen LogP contribution in [0.2, 0.25) is 0 Å². The molecule has 0 amide bonds. The van der Waals surface area contributed by atoms with Gasteiger partial charge < -0.3 is 15.6 Å². The molecule has 3 nitrogen and oxygen atoms in total. The van der Waals surface area contributed by atoms with Crippen molar-refractivity contribution in [1.82, 2.24) is 0 Å². The highest BCUT2D eigenvalue weighted by atomic mass is 16.5. The van der Waals surface area contributed by atoms with E-state index in [1.807, 2.05) is 19.1 Å². The molecule has 0 aliphatic heterocycles. The molecule has 100 valence electrons. The van der Waals surface area contributed by atoms with Gasteiger partial charge in [0, 0.05) is 17.5 Å². The van der Waals surface area contributed by atoms with Gasteiger partial charge in [-0.1, -0.05) is 25.3 Å². The Morgan fingerprint density at radius 1 is 1.28 bits per heavy atom. The van der Waals surface area contributed by atoms with Crippen molar-refractivity contribution < 1.29 is 9.84 Å². The highest BCUT2D eigenvalue weighted by molar-refractivity contribution is 5.53. The van der Waals surface area contributed by atoms with Gasteiger partial charge in [0.2, 0.25) is 0 Å². The number of aryl methyl sites for hydroxylation is 1. The number of hydrogen-bond donors (Lipinski definition) is 2. The van der Waals surface area contributed by atoms with Crippen LogP contribution in [0.3, 0.4) is 0 Å². The largest absolute Gasteiger partial charge is 0.507 e. The van der Waals surface area contributed by atoms with E-state index in [-0.39, 0.29) is 5.41 Å². The van der Waals surface area contributed by atoms with Gasteiger partial charge in [0.05, 0.1) is 7.11 Å². The van der Waals surface area contributed by atoms with Gasteiger partial charge in [0.25, 0.3) is 0 Å². The van der Waals surface area contributed by atoms with Crippen molar-refractivity contribution in [3.05, 3.63) is 23.3 Å². The molecule has 18 heavy (non-hydrogen) atoms. The third-order valence-electron chi connectivity index (χ3n) is 4.29. The normalized spacial score (nSPS) is 18.6. The third kappa shape index (κ3) is 2.07. The average Bonchev–Trinajstić information content (AvgIpc) is 2.42. The highest BCUT2D eigenvalue weighted by Gasteiger charge is 2.37. The summed E-state index contributed by atoms with van der Waals surface area (Å²) in [6.45, 7) is 2.49. The summed E-state index contributed by atoms with van der Waals surface area (Å²) >= 11 is 0. The molecule has 3 heteroatoms. The van der Waals surface area contributed by atoms with E-state index in [4.69, 9.17) is 10.5 Å². The zero-order chi connectivity index (χ0) is 13.2. The smallest absolute Gasteiger partial charge is 0.126 e. The molecule has 3 N–H and O–H groups in total. The molecule has 0 unspecified atom stereocenters. The summed E-state index contributed by atoms with van der Waals surface area (Å²) < 4.78 is 5.45.